The highest BCUT2D eigenvalue weighted by Gasteiger charge is 2.10. The Kier molecular flexibility index (Phi) is 13.4. The number of Topliss-reactive ketones (excluding diaryl/α,β-unsaturated/α-hetero) is 1. The van der Waals surface area contributed by atoms with Crippen molar-refractivity contribution in [3.05, 3.63) is 39.8 Å². The maximum atomic E-state index is 11.2. The number of carbonyl (C=O) groups is 1. The number of hydrogen-bond acceptors (Lipinski definition) is 3. The van der Waals surface area contributed by atoms with E-state index in [0.29, 0.717) is 10.4 Å². The first kappa shape index (κ1) is 21.0. The predicted octanol–water partition coefficient (Wildman–Crippen LogP) is 6.05. The van der Waals surface area contributed by atoms with Crippen molar-refractivity contribution in [2.24, 2.45) is 0 Å². The second-order valence-corrected chi connectivity index (χ2v) is 4.98. The third-order valence-corrected chi connectivity index (χ3v) is 3.17. The topological polar surface area (TPSA) is 32.9 Å². The fourth-order valence-corrected chi connectivity index (χ4v) is 2.46. The van der Waals surface area contributed by atoms with E-state index in [1.54, 1.807) is 19.1 Å². The van der Waals surface area contributed by atoms with E-state index < -0.39 is 0 Å². The zero-order valence-electron chi connectivity index (χ0n) is 13.1. The van der Waals surface area contributed by atoms with E-state index in [4.69, 9.17) is 12.2 Å². The van der Waals surface area contributed by atoms with Gasteiger partial charge in [0.15, 0.2) is 3.95 Å². The minimum atomic E-state index is 0.105. The van der Waals surface area contributed by atoms with Crippen LogP contribution in [0.25, 0.3) is 11.6 Å². The van der Waals surface area contributed by atoms with Crippen molar-refractivity contribution in [3.63, 3.8) is 0 Å². The van der Waals surface area contributed by atoms with Crippen LogP contribution in [0.2, 0.25) is 0 Å². The summed E-state index contributed by atoms with van der Waals surface area (Å²) >= 11 is 6.53. The van der Waals surface area contributed by atoms with Crippen molar-refractivity contribution in [2.75, 3.05) is 0 Å². The van der Waals surface area contributed by atoms with Gasteiger partial charge in [0.25, 0.3) is 0 Å². The lowest BCUT2D eigenvalue weighted by Crippen LogP contribution is -1.95. The Morgan fingerprint density at radius 1 is 1.30 bits per heavy atom. The van der Waals surface area contributed by atoms with Crippen LogP contribution in [0.5, 0.6) is 0 Å². The molecule has 0 saturated heterocycles. The van der Waals surface area contributed by atoms with Crippen LogP contribution in [0.3, 0.4) is 0 Å². The third kappa shape index (κ3) is 7.36. The van der Waals surface area contributed by atoms with Crippen molar-refractivity contribution >= 4 is 41.0 Å². The van der Waals surface area contributed by atoms with Gasteiger partial charge < -0.3 is 4.98 Å². The molecule has 0 saturated carbocycles. The predicted molar refractivity (Wildman–Crippen MR) is 95.8 cm³/mol. The molecule has 1 aromatic rings. The number of carbonyl (C=O) groups excluding carboxylic acids is 1. The molecular formula is C16H25NOS2. The molecule has 0 fully saturated rings. The molecule has 0 aliphatic carbocycles. The number of aromatic amines is 1. The number of nitrogens with one attached hydrogen (secondary N) is 1. The van der Waals surface area contributed by atoms with E-state index >= 15 is 0 Å². The van der Waals surface area contributed by atoms with Crippen molar-refractivity contribution < 1.29 is 4.79 Å². The summed E-state index contributed by atoms with van der Waals surface area (Å²) in [6.07, 6.45) is 5.60. The Labute approximate surface area is 131 Å². The van der Waals surface area contributed by atoms with Crippen LogP contribution in [0, 0.1) is 3.95 Å². The van der Waals surface area contributed by atoms with Crippen LogP contribution in [-0.2, 0) is 4.79 Å². The molecular weight excluding hydrogens is 286 g/mol. The molecule has 0 amide bonds. The Hall–Kier alpha value is -1.26. The average Bonchev–Trinajstić information content (AvgIpc) is 2.83. The summed E-state index contributed by atoms with van der Waals surface area (Å²) in [6.45, 7) is 16.9. The largest absolute Gasteiger partial charge is 0.337 e. The van der Waals surface area contributed by atoms with Gasteiger partial charge in [0.2, 0.25) is 0 Å². The van der Waals surface area contributed by atoms with Gasteiger partial charge in [-0.3, -0.25) is 4.79 Å². The number of thiazole rings is 1. The highest BCUT2D eigenvalue weighted by atomic mass is 32.1. The summed E-state index contributed by atoms with van der Waals surface area (Å²) in [4.78, 5) is 15.2. The molecule has 0 spiro atoms. The van der Waals surface area contributed by atoms with Gasteiger partial charge in [0.1, 0.15) is 5.78 Å². The standard InChI is InChI=1S/C12H13NOS2.2C2H6/c1-4-6-9(7-8(3)14)11-10(5-2)16-12(15)13-11;2*1-2/h4-6H,1-2,7H2,3H3,(H,13,15);2*1-2H3/b9-6-;;. The minimum Gasteiger partial charge on any atom is -0.337 e. The number of rotatable bonds is 5. The monoisotopic (exact) mass is 311 g/mol. The van der Waals surface area contributed by atoms with Crippen LogP contribution >= 0.6 is 23.6 Å². The van der Waals surface area contributed by atoms with Crippen LogP contribution in [0.1, 0.15) is 51.6 Å². The maximum Gasteiger partial charge on any atom is 0.159 e. The molecule has 0 radical (unpaired) electrons. The van der Waals surface area contributed by atoms with Crippen LogP contribution < -0.4 is 0 Å². The smallest absolute Gasteiger partial charge is 0.159 e. The Bertz CT molecular complexity index is 507. The Morgan fingerprint density at radius 2 is 1.85 bits per heavy atom. The maximum absolute atomic E-state index is 11.2. The Balaban J connectivity index is 0. The summed E-state index contributed by atoms with van der Waals surface area (Å²) in [6, 6.07) is 0. The summed E-state index contributed by atoms with van der Waals surface area (Å²) in [5, 5.41) is 0. The third-order valence-electron chi connectivity index (χ3n) is 1.94. The van der Waals surface area contributed by atoms with Crippen LogP contribution in [-0.4, -0.2) is 10.8 Å². The molecule has 0 aliphatic heterocycles. The molecule has 4 heteroatoms. The summed E-state index contributed by atoms with van der Waals surface area (Å²) in [5.41, 5.74) is 1.77. The molecule has 112 valence electrons. The van der Waals surface area contributed by atoms with Crippen LogP contribution in [0.4, 0.5) is 0 Å². The second-order valence-electron chi connectivity index (χ2n) is 3.26. The van der Waals surface area contributed by atoms with E-state index in [-0.39, 0.29) is 5.78 Å². The summed E-state index contributed by atoms with van der Waals surface area (Å²) in [7, 11) is 0. The highest BCUT2D eigenvalue weighted by Crippen LogP contribution is 2.26. The van der Waals surface area contributed by atoms with Gasteiger partial charge in [-0.2, -0.15) is 0 Å². The van der Waals surface area contributed by atoms with Gasteiger partial charge in [-0.15, -0.1) is 11.3 Å². The molecule has 1 aromatic heterocycles. The molecule has 1 rings (SSSR count). The fraction of sp³-hybridized carbons (Fsp3) is 0.375. The van der Waals surface area contributed by atoms with Gasteiger partial charge in [0.05, 0.1) is 10.6 Å². The lowest BCUT2D eigenvalue weighted by Gasteiger charge is -2.03. The first-order valence-corrected chi connectivity index (χ1v) is 7.98. The second kappa shape index (κ2) is 12.8. The summed E-state index contributed by atoms with van der Waals surface area (Å²) in [5.74, 6) is 0.105. The first-order chi connectivity index (χ1) is 9.58. The van der Waals surface area contributed by atoms with E-state index in [0.717, 1.165) is 16.1 Å². The average molecular weight is 312 g/mol. The van der Waals surface area contributed by atoms with E-state index in [9.17, 15) is 4.79 Å². The lowest BCUT2D eigenvalue weighted by atomic mass is 10.1. The molecule has 0 aromatic carbocycles. The zero-order valence-corrected chi connectivity index (χ0v) is 14.7. The number of allylic oxidation sites excluding steroid dienone is 3. The molecule has 2 nitrogen and oxygen atoms in total. The SMILES string of the molecule is C=C/C=C(/CC(C)=O)c1[nH]c(=S)sc1C=C.CC.CC. The normalized spacial score (nSPS) is 9.55. The van der Waals surface area contributed by atoms with Gasteiger partial charge in [-0.1, -0.05) is 53.0 Å². The zero-order chi connectivity index (χ0) is 16.1. The number of hydrogen-bond donors (Lipinski definition) is 1. The van der Waals surface area contributed by atoms with Crippen molar-refractivity contribution in [1.29, 1.82) is 0 Å². The Morgan fingerprint density at radius 3 is 2.25 bits per heavy atom. The highest BCUT2D eigenvalue weighted by molar-refractivity contribution is 7.73. The number of aromatic nitrogens is 1. The molecule has 0 unspecified atom stereocenters. The van der Waals surface area contributed by atoms with Gasteiger partial charge in [-0.05, 0) is 30.8 Å². The molecule has 0 atom stereocenters. The van der Waals surface area contributed by atoms with Crippen molar-refractivity contribution in [2.45, 2.75) is 41.0 Å². The van der Waals surface area contributed by atoms with Crippen molar-refractivity contribution in [3.8, 4) is 0 Å². The fourth-order valence-electron chi connectivity index (χ4n) is 1.36. The quantitative estimate of drug-likeness (QED) is 0.530. The van der Waals surface area contributed by atoms with E-state index in [2.05, 4.69) is 18.1 Å². The van der Waals surface area contributed by atoms with Gasteiger partial charge >= 0.3 is 0 Å². The molecule has 0 aliphatic rings. The number of ketones is 1. The van der Waals surface area contributed by atoms with E-state index in [1.807, 2.05) is 33.8 Å². The van der Waals surface area contributed by atoms with Crippen LogP contribution in [0.15, 0.2) is 25.3 Å². The van der Waals surface area contributed by atoms with Gasteiger partial charge in [-0.25, -0.2) is 0 Å². The minimum absolute atomic E-state index is 0.105. The number of H-pyrrole nitrogens is 1. The van der Waals surface area contributed by atoms with Gasteiger partial charge in [0, 0.05) is 6.42 Å². The molecule has 1 heterocycles. The first-order valence-electron chi connectivity index (χ1n) is 6.75. The molecule has 0 bridgehead atoms. The van der Waals surface area contributed by atoms with Crippen molar-refractivity contribution in [1.82, 2.24) is 4.98 Å². The molecule has 1 N–H and O–H groups in total. The summed E-state index contributed by atoms with van der Waals surface area (Å²) < 4.78 is 0.684. The lowest BCUT2D eigenvalue weighted by molar-refractivity contribution is -0.116. The van der Waals surface area contributed by atoms with E-state index in [1.165, 1.54) is 11.3 Å². The molecule has 20 heavy (non-hydrogen) atoms.